The zero-order chi connectivity index (χ0) is 17.9. The van der Waals surface area contributed by atoms with Crippen molar-refractivity contribution in [2.24, 2.45) is 0 Å². The average molecular weight is 336 g/mol. The molecule has 6 heteroatoms. The van der Waals surface area contributed by atoms with E-state index in [1.54, 1.807) is 0 Å². The number of piperazine rings is 1. The number of nitrogens with one attached hydrogen (secondary N) is 1. The summed E-state index contributed by atoms with van der Waals surface area (Å²) < 4.78 is 5.32. The lowest BCUT2D eigenvalue weighted by atomic mass is 10.00. The van der Waals surface area contributed by atoms with Crippen molar-refractivity contribution in [1.82, 2.24) is 20.3 Å². The van der Waals surface area contributed by atoms with Crippen LogP contribution in [0.3, 0.4) is 0 Å². The van der Waals surface area contributed by atoms with Crippen LogP contribution in [0.4, 0.5) is 0 Å². The van der Waals surface area contributed by atoms with Crippen LogP contribution < -0.4 is 5.32 Å². The predicted molar refractivity (Wildman–Crippen MR) is 95.4 cm³/mol. The highest BCUT2D eigenvalue weighted by molar-refractivity contribution is 5.96. The molecular formula is C18H32N4O2. The number of rotatable bonds is 6. The number of hydrogen-bond donors (Lipinski definition) is 1. The molecular weight excluding hydrogens is 304 g/mol. The second-order valence-electron chi connectivity index (χ2n) is 7.58. The van der Waals surface area contributed by atoms with Gasteiger partial charge in [0.25, 0.3) is 5.91 Å². The second-order valence-corrected chi connectivity index (χ2v) is 7.58. The van der Waals surface area contributed by atoms with Crippen LogP contribution in [0, 0.1) is 6.92 Å². The molecule has 24 heavy (non-hydrogen) atoms. The fourth-order valence-corrected chi connectivity index (χ4v) is 3.22. The molecule has 0 bridgehead atoms. The molecule has 0 aromatic carbocycles. The minimum absolute atomic E-state index is 0.0709. The molecule has 0 aliphatic carbocycles. The number of aryl methyl sites for hydroxylation is 1. The van der Waals surface area contributed by atoms with Crippen molar-refractivity contribution < 1.29 is 9.32 Å². The summed E-state index contributed by atoms with van der Waals surface area (Å²) in [5.41, 5.74) is 1.18. The van der Waals surface area contributed by atoms with Crippen LogP contribution in [0.1, 0.15) is 62.3 Å². The Hall–Kier alpha value is -1.40. The fraction of sp³-hybridized carbons (Fsp3) is 0.778. The minimum atomic E-state index is -0.0854. The lowest BCUT2D eigenvalue weighted by Gasteiger charge is -2.44. The molecule has 0 radical (unpaired) electrons. The largest absolute Gasteiger partial charge is 0.360 e. The Balaban J connectivity index is 1.97. The Bertz CT molecular complexity index is 557. The molecule has 1 fully saturated rings. The van der Waals surface area contributed by atoms with E-state index in [0.717, 1.165) is 32.7 Å². The van der Waals surface area contributed by atoms with Gasteiger partial charge in [0, 0.05) is 44.2 Å². The van der Waals surface area contributed by atoms with Crippen LogP contribution >= 0.6 is 0 Å². The third kappa shape index (κ3) is 4.16. The van der Waals surface area contributed by atoms with Crippen LogP contribution in [0.2, 0.25) is 0 Å². The standard InChI is InChI=1S/C18H32N4O2/c1-7-21-8-10-22(11-9-21)18(5,6)12-19-17(23)15-14(4)20-24-16(15)13(2)3/h13H,7-12H2,1-6H3,(H,19,23). The molecule has 136 valence electrons. The highest BCUT2D eigenvalue weighted by atomic mass is 16.5. The number of likely N-dealkylation sites (N-methyl/N-ethyl adjacent to an activating group) is 1. The molecule has 0 spiro atoms. The van der Waals surface area contributed by atoms with Gasteiger partial charge in [0.05, 0.1) is 5.69 Å². The SMILES string of the molecule is CCN1CCN(C(C)(C)CNC(=O)c2c(C)noc2C(C)C)CC1. The van der Waals surface area contributed by atoms with Crippen LogP contribution in [0.15, 0.2) is 4.52 Å². The van der Waals surface area contributed by atoms with E-state index < -0.39 is 0 Å². The maximum Gasteiger partial charge on any atom is 0.256 e. The van der Waals surface area contributed by atoms with Gasteiger partial charge in [-0.25, -0.2) is 0 Å². The van der Waals surface area contributed by atoms with Crippen molar-refractivity contribution in [2.75, 3.05) is 39.3 Å². The van der Waals surface area contributed by atoms with E-state index in [9.17, 15) is 4.79 Å². The molecule has 0 atom stereocenters. The van der Waals surface area contributed by atoms with Gasteiger partial charge in [-0.05, 0) is 27.3 Å². The van der Waals surface area contributed by atoms with Gasteiger partial charge in [-0.3, -0.25) is 9.69 Å². The van der Waals surface area contributed by atoms with Gasteiger partial charge in [-0.15, -0.1) is 0 Å². The Kier molecular flexibility index (Phi) is 6.04. The van der Waals surface area contributed by atoms with Gasteiger partial charge in [0.15, 0.2) is 5.76 Å². The first-order chi connectivity index (χ1) is 11.3. The Morgan fingerprint density at radius 3 is 2.46 bits per heavy atom. The molecule has 2 rings (SSSR count). The first-order valence-electron chi connectivity index (χ1n) is 8.98. The monoisotopic (exact) mass is 336 g/mol. The Labute approximate surface area is 145 Å². The van der Waals surface area contributed by atoms with Gasteiger partial charge in [-0.1, -0.05) is 25.9 Å². The summed E-state index contributed by atoms with van der Waals surface area (Å²) >= 11 is 0. The number of nitrogens with zero attached hydrogens (tertiary/aromatic N) is 3. The van der Waals surface area contributed by atoms with Crippen LogP contribution in [-0.4, -0.2) is 65.7 Å². The predicted octanol–water partition coefficient (Wildman–Crippen LogP) is 2.25. The highest BCUT2D eigenvalue weighted by Crippen LogP contribution is 2.22. The lowest BCUT2D eigenvalue weighted by Crippen LogP contribution is -2.58. The number of amides is 1. The molecule has 1 amide bonds. The molecule has 6 nitrogen and oxygen atoms in total. The molecule has 2 heterocycles. The number of carbonyl (C=O) groups is 1. The molecule has 1 aromatic rings. The summed E-state index contributed by atoms with van der Waals surface area (Å²) in [6.45, 7) is 18.4. The first kappa shape index (κ1) is 18.9. The van der Waals surface area contributed by atoms with E-state index in [2.05, 4.69) is 41.0 Å². The third-order valence-corrected chi connectivity index (χ3v) is 5.00. The van der Waals surface area contributed by atoms with Gasteiger partial charge in [0.1, 0.15) is 5.56 Å². The Morgan fingerprint density at radius 1 is 1.29 bits per heavy atom. The first-order valence-corrected chi connectivity index (χ1v) is 8.98. The Morgan fingerprint density at radius 2 is 1.92 bits per heavy atom. The molecule has 1 saturated heterocycles. The highest BCUT2D eigenvalue weighted by Gasteiger charge is 2.31. The molecule has 1 N–H and O–H groups in total. The summed E-state index contributed by atoms with van der Waals surface area (Å²) in [4.78, 5) is 17.6. The zero-order valence-electron chi connectivity index (χ0n) is 16.0. The zero-order valence-corrected chi connectivity index (χ0v) is 16.0. The van der Waals surface area contributed by atoms with E-state index >= 15 is 0 Å². The van der Waals surface area contributed by atoms with Gasteiger partial charge >= 0.3 is 0 Å². The second kappa shape index (κ2) is 7.66. The summed E-state index contributed by atoms with van der Waals surface area (Å²) in [5.74, 6) is 0.721. The fourth-order valence-electron chi connectivity index (χ4n) is 3.22. The average Bonchev–Trinajstić information content (AvgIpc) is 2.95. The number of carbonyl (C=O) groups excluding carboxylic acids is 1. The van der Waals surface area contributed by atoms with Crippen molar-refractivity contribution in [3.63, 3.8) is 0 Å². The van der Waals surface area contributed by atoms with E-state index in [1.165, 1.54) is 0 Å². The summed E-state index contributed by atoms with van der Waals surface area (Å²) in [5, 5.41) is 7.05. The van der Waals surface area contributed by atoms with E-state index in [1.807, 2.05) is 20.8 Å². The topological polar surface area (TPSA) is 61.6 Å². The van der Waals surface area contributed by atoms with Gasteiger partial charge in [0.2, 0.25) is 0 Å². The maximum atomic E-state index is 12.6. The summed E-state index contributed by atoms with van der Waals surface area (Å²) in [6.07, 6.45) is 0. The third-order valence-electron chi connectivity index (χ3n) is 5.00. The van der Waals surface area contributed by atoms with Crippen molar-refractivity contribution in [1.29, 1.82) is 0 Å². The smallest absolute Gasteiger partial charge is 0.256 e. The maximum absolute atomic E-state index is 12.6. The van der Waals surface area contributed by atoms with Gasteiger partial charge in [-0.2, -0.15) is 0 Å². The van der Waals surface area contributed by atoms with E-state index in [0.29, 0.717) is 23.6 Å². The molecule has 1 aliphatic rings. The molecule has 0 unspecified atom stereocenters. The number of aromatic nitrogens is 1. The summed E-state index contributed by atoms with van der Waals surface area (Å²) in [6, 6.07) is 0. The summed E-state index contributed by atoms with van der Waals surface area (Å²) in [7, 11) is 0. The molecule has 1 aromatic heterocycles. The van der Waals surface area contributed by atoms with Crippen LogP contribution in [0.25, 0.3) is 0 Å². The van der Waals surface area contributed by atoms with Crippen molar-refractivity contribution in [2.45, 2.75) is 53.0 Å². The number of hydrogen-bond acceptors (Lipinski definition) is 5. The van der Waals surface area contributed by atoms with Crippen molar-refractivity contribution in [3.8, 4) is 0 Å². The minimum Gasteiger partial charge on any atom is -0.360 e. The lowest BCUT2D eigenvalue weighted by molar-refractivity contribution is 0.0521. The van der Waals surface area contributed by atoms with Crippen molar-refractivity contribution >= 4 is 5.91 Å². The van der Waals surface area contributed by atoms with Crippen molar-refractivity contribution in [3.05, 3.63) is 17.0 Å². The van der Waals surface area contributed by atoms with Gasteiger partial charge < -0.3 is 14.7 Å². The normalized spacial score (nSPS) is 17.5. The quantitative estimate of drug-likeness (QED) is 0.863. The van der Waals surface area contributed by atoms with Crippen LogP contribution in [-0.2, 0) is 0 Å². The molecule has 1 aliphatic heterocycles. The van der Waals surface area contributed by atoms with E-state index in [4.69, 9.17) is 4.52 Å². The van der Waals surface area contributed by atoms with E-state index in [-0.39, 0.29) is 17.4 Å². The molecule has 0 saturated carbocycles. The van der Waals surface area contributed by atoms with Crippen LogP contribution in [0.5, 0.6) is 0 Å².